The Labute approximate surface area is 203 Å². The van der Waals surface area contributed by atoms with Gasteiger partial charge in [0.2, 0.25) is 0 Å². The molecule has 2 aromatic heterocycles. The molecular weight excluding hydrogens is 448 g/mol. The number of anilines is 1. The Balaban J connectivity index is 1.26. The number of carbonyl (C=O) groups is 1. The lowest BCUT2D eigenvalue weighted by atomic mass is 9.91. The van der Waals surface area contributed by atoms with Gasteiger partial charge in [0.25, 0.3) is 5.91 Å². The Morgan fingerprint density at radius 2 is 1.74 bits per heavy atom. The number of halogens is 1. The van der Waals surface area contributed by atoms with Crippen LogP contribution < -0.4 is 10.6 Å². The van der Waals surface area contributed by atoms with Crippen molar-refractivity contribution in [2.24, 2.45) is 0 Å². The molecule has 5 rings (SSSR count). The first-order valence-electron chi connectivity index (χ1n) is 11.6. The van der Waals surface area contributed by atoms with Crippen LogP contribution in [0.5, 0.6) is 0 Å². The van der Waals surface area contributed by atoms with Crippen molar-refractivity contribution < 1.29 is 4.79 Å². The van der Waals surface area contributed by atoms with Crippen LogP contribution in [0.15, 0.2) is 54.7 Å². The number of fused-ring (bicyclic) bond motifs is 1. The van der Waals surface area contributed by atoms with Gasteiger partial charge in [-0.1, -0.05) is 35.4 Å². The summed E-state index contributed by atoms with van der Waals surface area (Å²) < 4.78 is 1.79. The molecular formula is C26H27ClN6O. The maximum Gasteiger partial charge on any atom is 0.251 e. The van der Waals surface area contributed by atoms with E-state index in [0.29, 0.717) is 16.4 Å². The van der Waals surface area contributed by atoms with Crippen LogP contribution in [-0.4, -0.2) is 37.7 Å². The van der Waals surface area contributed by atoms with Gasteiger partial charge in [-0.3, -0.25) is 4.79 Å². The summed E-state index contributed by atoms with van der Waals surface area (Å²) in [6, 6.07) is 15.7. The average molecular weight is 475 g/mol. The average Bonchev–Trinajstić information content (AvgIpc) is 3.25. The van der Waals surface area contributed by atoms with E-state index >= 15 is 0 Å². The number of carbonyl (C=O) groups excluding carboxylic acids is 1. The molecule has 0 aliphatic heterocycles. The molecule has 1 amide bonds. The molecule has 0 atom stereocenters. The Hall–Kier alpha value is -3.45. The van der Waals surface area contributed by atoms with Gasteiger partial charge in [-0.15, -0.1) is 0 Å². The molecule has 8 heteroatoms. The monoisotopic (exact) mass is 474 g/mol. The van der Waals surface area contributed by atoms with E-state index in [1.165, 1.54) is 0 Å². The smallest absolute Gasteiger partial charge is 0.251 e. The first kappa shape index (κ1) is 22.3. The summed E-state index contributed by atoms with van der Waals surface area (Å²) in [5, 5.41) is 12.9. The molecule has 0 spiro atoms. The lowest BCUT2D eigenvalue weighted by Crippen LogP contribution is -2.40. The fraction of sp³-hybridized carbons (Fsp3) is 0.308. The largest absolute Gasteiger partial charge is 0.367 e. The van der Waals surface area contributed by atoms with E-state index < -0.39 is 0 Å². The van der Waals surface area contributed by atoms with Crippen molar-refractivity contribution in [3.63, 3.8) is 0 Å². The topological polar surface area (TPSA) is 84.7 Å². The Bertz CT molecular complexity index is 1330. The van der Waals surface area contributed by atoms with Gasteiger partial charge in [0.05, 0.1) is 17.3 Å². The van der Waals surface area contributed by atoms with Gasteiger partial charge in [-0.25, -0.2) is 14.6 Å². The summed E-state index contributed by atoms with van der Waals surface area (Å²) in [6.07, 6.45) is 5.54. The van der Waals surface area contributed by atoms with Crippen molar-refractivity contribution in [2.45, 2.75) is 51.6 Å². The molecule has 0 saturated heterocycles. The Morgan fingerprint density at radius 3 is 2.47 bits per heavy atom. The van der Waals surface area contributed by atoms with Gasteiger partial charge in [0.15, 0.2) is 5.65 Å². The van der Waals surface area contributed by atoms with Crippen LogP contribution in [0.2, 0.25) is 5.02 Å². The van der Waals surface area contributed by atoms with Gasteiger partial charge in [-0.05, 0) is 69.9 Å². The number of hydrogen-bond acceptors (Lipinski definition) is 5. The molecule has 2 N–H and O–H groups in total. The maximum absolute atomic E-state index is 12.6. The molecule has 1 saturated carbocycles. The molecule has 0 unspecified atom stereocenters. The zero-order valence-corrected chi connectivity index (χ0v) is 20.0. The van der Waals surface area contributed by atoms with Gasteiger partial charge in [0, 0.05) is 22.7 Å². The van der Waals surface area contributed by atoms with Gasteiger partial charge >= 0.3 is 0 Å². The molecule has 1 aliphatic carbocycles. The van der Waals surface area contributed by atoms with Crippen LogP contribution >= 0.6 is 11.6 Å². The second kappa shape index (κ2) is 9.43. The number of rotatable bonds is 5. The zero-order chi connectivity index (χ0) is 23.7. The minimum absolute atomic E-state index is 0.00188. The highest BCUT2D eigenvalue weighted by molar-refractivity contribution is 6.30. The van der Waals surface area contributed by atoms with Crippen LogP contribution in [0.3, 0.4) is 0 Å². The lowest BCUT2D eigenvalue weighted by molar-refractivity contribution is 0.0926. The van der Waals surface area contributed by atoms with Crippen LogP contribution in [-0.2, 0) is 0 Å². The van der Waals surface area contributed by atoms with Crippen LogP contribution in [0.25, 0.3) is 16.7 Å². The molecule has 0 radical (unpaired) electrons. The number of aryl methyl sites for hydroxylation is 2. The number of amides is 1. The second-order valence-electron chi connectivity index (χ2n) is 8.93. The van der Waals surface area contributed by atoms with Crippen molar-refractivity contribution in [3.05, 3.63) is 76.7 Å². The summed E-state index contributed by atoms with van der Waals surface area (Å²) in [6.45, 7) is 3.91. The van der Waals surface area contributed by atoms with E-state index in [1.807, 2.05) is 62.4 Å². The third-order valence-electron chi connectivity index (χ3n) is 6.31. The van der Waals surface area contributed by atoms with E-state index in [1.54, 1.807) is 10.9 Å². The second-order valence-corrected chi connectivity index (χ2v) is 9.36. The molecule has 0 bridgehead atoms. The number of nitrogens with zero attached hydrogens (tertiary/aromatic N) is 4. The maximum atomic E-state index is 12.6. The first-order chi connectivity index (χ1) is 16.5. The standard InChI is InChI=1S/C26H27ClN6O/c1-16-6-8-18(9-7-16)26(34)32-21-12-10-20(11-13-21)31-24-23-15-28-33(25(23)30-17(2)29-24)22-5-3-4-19(27)14-22/h3-9,14-15,20-21H,10-13H2,1-2H3,(H,32,34)(H,29,30,31). The molecule has 34 heavy (non-hydrogen) atoms. The third kappa shape index (κ3) is 4.75. The van der Waals surface area contributed by atoms with Crippen molar-refractivity contribution in [3.8, 4) is 5.69 Å². The van der Waals surface area contributed by atoms with Crippen molar-refractivity contribution in [2.75, 3.05) is 5.32 Å². The van der Waals surface area contributed by atoms with Crippen molar-refractivity contribution in [1.82, 2.24) is 25.1 Å². The van der Waals surface area contributed by atoms with Crippen molar-refractivity contribution in [1.29, 1.82) is 0 Å². The highest BCUT2D eigenvalue weighted by Gasteiger charge is 2.24. The van der Waals surface area contributed by atoms with Crippen LogP contribution in [0.1, 0.15) is 47.4 Å². The number of nitrogens with one attached hydrogen (secondary N) is 2. The van der Waals surface area contributed by atoms with Gasteiger partial charge < -0.3 is 10.6 Å². The fourth-order valence-electron chi connectivity index (χ4n) is 4.47. The van der Waals surface area contributed by atoms with E-state index in [0.717, 1.165) is 53.8 Å². The normalized spacial score (nSPS) is 18.1. The molecule has 2 aromatic carbocycles. The first-order valence-corrected chi connectivity index (χ1v) is 12.0. The van der Waals surface area contributed by atoms with Gasteiger partial charge in [-0.2, -0.15) is 5.10 Å². The van der Waals surface area contributed by atoms with E-state index in [2.05, 4.69) is 25.7 Å². The SMILES string of the molecule is Cc1ccc(C(=O)NC2CCC(Nc3nc(C)nc4c3cnn4-c3cccc(Cl)c3)CC2)cc1. The number of aromatic nitrogens is 4. The molecule has 4 aromatic rings. The predicted molar refractivity (Wildman–Crippen MR) is 135 cm³/mol. The Kier molecular flexibility index (Phi) is 6.20. The van der Waals surface area contributed by atoms with E-state index in [-0.39, 0.29) is 18.0 Å². The lowest BCUT2D eigenvalue weighted by Gasteiger charge is -2.30. The Morgan fingerprint density at radius 1 is 1.00 bits per heavy atom. The molecule has 2 heterocycles. The molecule has 1 aliphatic rings. The zero-order valence-electron chi connectivity index (χ0n) is 19.3. The quantitative estimate of drug-likeness (QED) is 0.413. The summed E-state index contributed by atoms with van der Waals surface area (Å²) in [4.78, 5) is 21.9. The van der Waals surface area contributed by atoms with Crippen molar-refractivity contribution >= 4 is 34.4 Å². The fourth-order valence-corrected chi connectivity index (χ4v) is 4.66. The minimum Gasteiger partial charge on any atom is -0.367 e. The highest BCUT2D eigenvalue weighted by Crippen LogP contribution is 2.27. The van der Waals surface area contributed by atoms with E-state index in [4.69, 9.17) is 11.6 Å². The molecule has 7 nitrogen and oxygen atoms in total. The summed E-state index contributed by atoms with van der Waals surface area (Å²) in [5.74, 6) is 1.47. The summed E-state index contributed by atoms with van der Waals surface area (Å²) in [5.41, 5.74) is 3.46. The minimum atomic E-state index is -0.00188. The molecule has 1 fully saturated rings. The number of hydrogen-bond donors (Lipinski definition) is 2. The van der Waals surface area contributed by atoms with Crippen LogP contribution in [0.4, 0.5) is 5.82 Å². The summed E-state index contributed by atoms with van der Waals surface area (Å²) >= 11 is 6.18. The highest BCUT2D eigenvalue weighted by atomic mass is 35.5. The van der Waals surface area contributed by atoms with Crippen LogP contribution in [0, 0.1) is 13.8 Å². The molecule has 174 valence electrons. The van der Waals surface area contributed by atoms with Gasteiger partial charge in [0.1, 0.15) is 11.6 Å². The number of benzene rings is 2. The summed E-state index contributed by atoms with van der Waals surface area (Å²) in [7, 11) is 0. The third-order valence-corrected chi connectivity index (χ3v) is 6.55. The predicted octanol–water partition coefficient (Wildman–Crippen LogP) is 5.24. The van der Waals surface area contributed by atoms with E-state index in [9.17, 15) is 4.79 Å².